The van der Waals surface area contributed by atoms with Crippen molar-refractivity contribution < 1.29 is 9.57 Å². The van der Waals surface area contributed by atoms with E-state index in [2.05, 4.69) is 5.48 Å². The predicted molar refractivity (Wildman–Crippen MR) is 56.1 cm³/mol. The molecule has 0 heterocycles. The summed E-state index contributed by atoms with van der Waals surface area (Å²) in [6.07, 6.45) is 0. The van der Waals surface area contributed by atoms with Crippen molar-refractivity contribution in [2.24, 2.45) is 0 Å². The molecule has 1 rings (SSSR count). The summed E-state index contributed by atoms with van der Waals surface area (Å²) in [4.78, 5) is 5.05. The number of hydroxylamine groups is 1. The van der Waals surface area contributed by atoms with Crippen molar-refractivity contribution in [1.29, 1.82) is 0 Å². The smallest absolute Gasteiger partial charge is 0.119 e. The van der Waals surface area contributed by atoms with Crippen LogP contribution in [0.2, 0.25) is 0 Å². The molecule has 0 spiro atoms. The Bertz CT molecular complexity index is 263. The van der Waals surface area contributed by atoms with E-state index in [9.17, 15) is 0 Å². The zero-order chi connectivity index (χ0) is 10.2. The number of hydrogen-bond acceptors (Lipinski definition) is 3. The molecular formula is C11H17NO2. The fourth-order valence-electron chi connectivity index (χ4n) is 1.15. The molecule has 0 unspecified atom stereocenters. The maximum Gasteiger partial charge on any atom is 0.119 e. The normalized spacial score (nSPS) is 10.1. The van der Waals surface area contributed by atoms with Gasteiger partial charge in [0.25, 0.3) is 0 Å². The molecule has 0 fully saturated rings. The molecule has 0 saturated carbocycles. The predicted octanol–water partition coefficient (Wildman–Crippen LogP) is 2.13. The summed E-state index contributed by atoms with van der Waals surface area (Å²) in [7, 11) is 0. The third-order valence-corrected chi connectivity index (χ3v) is 1.73. The molecule has 0 radical (unpaired) electrons. The van der Waals surface area contributed by atoms with Crippen molar-refractivity contribution in [1.82, 2.24) is 5.48 Å². The van der Waals surface area contributed by atoms with Crippen LogP contribution in [0.5, 0.6) is 5.75 Å². The summed E-state index contributed by atoms with van der Waals surface area (Å²) < 4.78 is 5.38. The first-order chi connectivity index (χ1) is 6.86. The van der Waals surface area contributed by atoms with E-state index >= 15 is 0 Å². The maximum atomic E-state index is 5.38. The molecule has 0 aliphatic rings. The molecule has 0 aliphatic heterocycles. The van der Waals surface area contributed by atoms with Crippen molar-refractivity contribution in [2.75, 3.05) is 13.2 Å². The molecule has 0 amide bonds. The monoisotopic (exact) mass is 195 g/mol. The van der Waals surface area contributed by atoms with Crippen LogP contribution >= 0.6 is 0 Å². The molecule has 0 aliphatic carbocycles. The SMILES string of the molecule is CCONCc1cccc(OCC)c1. The molecule has 14 heavy (non-hydrogen) atoms. The third kappa shape index (κ3) is 3.77. The van der Waals surface area contributed by atoms with Crippen molar-refractivity contribution in [3.8, 4) is 5.75 Å². The zero-order valence-electron chi connectivity index (χ0n) is 8.75. The van der Waals surface area contributed by atoms with Crippen LogP contribution in [0.3, 0.4) is 0 Å². The number of ether oxygens (including phenoxy) is 1. The lowest BCUT2D eigenvalue weighted by Gasteiger charge is -2.06. The first kappa shape index (κ1) is 11.0. The Morgan fingerprint density at radius 2 is 2.07 bits per heavy atom. The Balaban J connectivity index is 2.46. The summed E-state index contributed by atoms with van der Waals surface area (Å²) in [6.45, 7) is 6.00. The molecule has 0 saturated heterocycles. The van der Waals surface area contributed by atoms with Gasteiger partial charge in [0.1, 0.15) is 5.75 Å². The highest BCUT2D eigenvalue weighted by molar-refractivity contribution is 5.28. The Hall–Kier alpha value is -1.06. The molecule has 3 nitrogen and oxygen atoms in total. The van der Waals surface area contributed by atoms with Crippen LogP contribution in [0.1, 0.15) is 19.4 Å². The Morgan fingerprint density at radius 1 is 1.21 bits per heavy atom. The van der Waals surface area contributed by atoms with Crippen LogP contribution in [0.15, 0.2) is 24.3 Å². The topological polar surface area (TPSA) is 30.5 Å². The van der Waals surface area contributed by atoms with Gasteiger partial charge in [-0.2, -0.15) is 5.48 Å². The molecule has 1 aromatic carbocycles. The lowest BCUT2D eigenvalue weighted by atomic mass is 10.2. The second-order valence-corrected chi connectivity index (χ2v) is 2.83. The maximum absolute atomic E-state index is 5.38. The summed E-state index contributed by atoms with van der Waals surface area (Å²) >= 11 is 0. The first-order valence-electron chi connectivity index (χ1n) is 4.93. The molecule has 3 heteroatoms. The second-order valence-electron chi connectivity index (χ2n) is 2.83. The molecule has 1 aromatic rings. The van der Waals surface area contributed by atoms with Crippen LogP contribution in [0, 0.1) is 0 Å². The van der Waals surface area contributed by atoms with Crippen molar-refractivity contribution in [3.63, 3.8) is 0 Å². The minimum Gasteiger partial charge on any atom is -0.494 e. The molecule has 1 N–H and O–H groups in total. The van der Waals surface area contributed by atoms with Crippen LogP contribution in [0.25, 0.3) is 0 Å². The van der Waals surface area contributed by atoms with Gasteiger partial charge in [0.15, 0.2) is 0 Å². The van der Waals surface area contributed by atoms with Crippen LogP contribution in [-0.2, 0) is 11.4 Å². The summed E-state index contributed by atoms with van der Waals surface area (Å²) in [6, 6.07) is 7.98. The van der Waals surface area contributed by atoms with E-state index in [1.54, 1.807) is 0 Å². The van der Waals surface area contributed by atoms with E-state index in [4.69, 9.17) is 9.57 Å². The van der Waals surface area contributed by atoms with Crippen LogP contribution in [-0.4, -0.2) is 13.2 Å². The standard InChI is InChI=1S/C11H17NO2/c1-3-13-11-7-5-6-10(8-11)9-12-14-4-2/h5-8,12H,3-4,9H2,1-2H3. The molecule has 0 atom stereocenters. The van der Waals surface area contributed by atoms with Gasteiger partial charge in [0.2, 0.25) is 0 Å². The van der Waals surface area contributed by atoms with E-state index in [-0.39, 0.29) is 0 Å². The van der Waals surface area contributed by atoms with Gasteiger partial charge in [-0.15, -0.1) is 0 Å². The highest BCUT2D eigenvalue weighted by Crippen LogP contribution is 2.12. The van der Waals surface area contributed by atoms with E-state index in [0.29, 0.717) is 19.8 Å². The van der Waals surface area contributed by atoms with Crippen molar-refractivity contribution in [3.05, 3.63) is 29.8 Å². The van der Waals surface area contributed by atoms with Gasteiger partial charge in [-0.25, -0.2) is 0 Å². The summed E-state index contributed by atoms with van der Waals surface area (Å²) in [5.74, 6) is 0.906. The van der Waals surface area contributed by atoms with Crippen molar-refractivity contribution in [2.45, 2.75) is 20.4 Å². The van der Waals surface area contributed by atoms with E-state index < -0.39 is 0 Å². The van der Waals surface area contributed by atoms with E-state index in [1.807, 2.05) is 38.1 Å². The fraction of sp³-hybridized carbons (Fsp3) is 0.455. The lowest BCUT2D eigenvalue weighted by Crippen LogP contribution is -2.13. The van der Waals surface area contributed by atoms with E-state index in [1.165, 1.54) is 0 Å². The highest BCUT2D eigenvalue weighted by atomic mass is 16.6. The molecule has 0 aromatic heterocycles. The van der Waals surface area contributed by atoms with Gasteiger partial charge in [-0.05, 0) is 31.5 Å². The minimum absolute atomic E-state index is 0.672. The average molecular weight is 195 g/mol. The third-order valence-electron chi connectivity index (χ3n) is 1.73. The largest absolute Gasteiger partial charge is 0.494 e. The van der Waals surface area contributed by atoms with Gasteiger partial charge in [0.05, 0.1) is 13.2 Å². The molecule has 78 valence electrons. The number of hydrogen-bond donors (Lipinski definition) is 1. The van der Waals surface area contributed by atoms with Crippen molar-refractivity contribution >= 4 is 0 Å². The van der Waals surface area contributed by atoms with Gasteiger partial charge in [-0.1, -0.05) is 12.1 Å². The lowest BCUT2D eigenvalue weighted by molar-refractivity contribution is 0.0463. The first-order valence-corrected chi connectivity index (χ1v) is 4.93. The Morgan fingerprint density at radius 3 is 2.79 bits per heavy atom. The minimum atomic E-state index is 0.672. The molecule has 0 bridgehead atoms. The quantitative estimate of drug-likeness (QED) is 0.557. The zero-order valence-corrected chi connectivity index (χ0v) is 8.75. The average Bonchev–Trinajstić information content (AvgIpc) is 2.19. The van der Waals surface area contributed by atoms with Crippen LogP contribution in [0.4, 0.5) is 0 Å². The summed E-state index contributed by atoms with van der Waals surface area (Å²) in [5.41, 5.74) is 4.02. The number of rotatable bonds is 6. The fourth-order valence-corrected chi connectivity index (χ4v) is 1.15. The van der Waals surface area contributed by atoms with Gasteiger partial charge >= 0.3 is 0 Å². The van der Waals surface area contributed by atoms with Gasteiger partial charge < -0.3 is 9.57 Å². The second kappa shape index (κ2) is 6.40. The van der Waals surface area contributed by atoms with Gasteiger partial charge in [0, 0.05) is 6.54 Å². The van der Waals surface area contributed by atoms with Crippen LogP contribution < -0.4 is 10.2 Å². The highest BCUT2D eigenvalue weighted by Gasteiger charge is 1.95. The Kier molecular flexibility index (Phi) is 5.04. The Labute approximate surface area is 85.0 Å². The number of nitrogens with one attached hydrogen (secondary N) is 1. The van der Waals surface area contributed by atoms with Gasteiger partial charge in [-0.3, -0.25) is 0 Å². The van der Waals surface area contributed by atoms with E-state index in [0.717, 1.165) is 11.3 Å². The summed E-state index contributed by atoms with van der Waals surface area (Å²) in [5, 5.41) is 0. The molecular weight excluding hydrogens is 178 g/mol. The number of benzene rings is 1.